The van der Waals surface area contributed by atoms with Crippen LogP contribution in [0, 0.1) is 17.2 Å². The molecule has 1 aromatic rings. The minimum Gasteiger partial charge on any atom is -0.312 e. The number of hydrogen-bond acceptors (Lipinski definition) is 5. The van der Waals surface area contributed by atoms with E-state index in [0.717, 1.165) is 0 Å². The molecule has 98 valence electrons. The summed E-state index contributed by atoms with van der Waals surface area (Å²) in [5.41, 5.74) is 0.999. The molecule has 19 heavy (non-hydrogen) atoms. The van der Waals surface area contributed by atoms with Crippen molar-refractivity contribution in [1.29, 1.82) is 5.26 Å². The Kier molecular flexibility index (Phi) is 4.17. The van der Waals surface area contributed by atoms with Crippen LogP contribution in [0.25, 0.3) is 0 Å². The van der Waals surface area contributed by atoms with Crippen molar-refractivity contribution in [2.45, 2.75) is 13.3 Å². The van der Waals surface area contributed by atoms with E-state index >= 15 is 0 Å². The first kappa shape index (κ1) is 13.6. The van der Waals surface area contributed by atoms with Gasteiger partial charge in [0.15, 0.2) is 5.12 Å². The highest BCUT2D eigenvalue weighted by Gasteiger charge is 2.30. The Morgan fingerprint density at radius 2 is 2.47 bits per heavy atom. The fraction of sp³-hybridized carbons (Fsp3) is 0.385. The first-order chi connectivity index (χ1) is 9.10. The third kappa shape index (κ3) is 3.32. The number of nitrogens with zero attached hydrogens (tertiary/aromatic N) is 3. The number of nitriles is 1. The number of aromatic nitrogens is 1. The Morgan fingerprint density at radius 1 is 1.68 bits per heavy atom. The summed E-state index contributed by atoms with van der Waals surface area (Å²) in [5, 5.41) is 8.88. The summed E-state index contributed by atoms with van der Waals surface area (Å²) in [6.45, 7) is 2.12. The highest BCUT2D eigenvalue weighted by Crippen LogP contribution is 2.27. The third-order valence-corrected chi connectivity index (χ3v) is 3.94. The maximum atomic E-state index is 12.0. The van der Waals surface area contributed by atoms with E-state index < -0.39 is 0 Å². The zero-order valence-corrected chi connectivity index (χ0v) is 11.3. The van der Waals surface area contributed by atoms with Crippen molar-refractivity contribution in [1.82, 2.24) is 4.98 Å². The fourth-order valence-electron chi connectivity index (χ4n) is 2.03. The quantitative estimate of drug-likeness (QED) is 0.837. The largest absolute Gasteiger partial charge is 0.312 e. The zero-order valence-electron chi connectivity index (χ0n) is 10.5. The minimum absolute atomic E-state index is 0.0317. The maximum absolute atomic E-state index is 12.0. The van der Waals surface area contributed by atoms with Crippen LogP contribution in [0.15, 0.2) is 18.3 Å². The second-order valence-corrected chi connectivity index (χ2v) is 5.59. The van der Waals surface area contributed by atoms with E-state index in [1.165, 1.54) is 24.9 Å². The molecule has 1 atom stereocenters. The molecule has 6 heteroatoms. The Labute approximate surface area is 115 Å². The van der Waals surface area contributed by atoms with Crippen LogP contribution >= 0.6 is 11.8 Å². The van der Waals surface area contributed by atoms with Crippen LogP contribution < -0.4 is 4.90 Å². The topological polar surface area (TPSA) is 74.1 Å². The molecule has 5 nitrogen and oxygen atoms in total. The lowest BCUT2D eigenvalue weighted by Crippen LogP contribution is -2.24. The average Bonchev–Trinajstić information content (AvgIpc) is 2.78. The van der Waals surface area contributed by atoms with Gasteiger partial charge >= 0.3 is 0 Å². The van der Waals surface area contributed by atoms with Gasteiger partial charge in [-0.3, -0.25) is 9.59 Å². The summed E-state index contributed by atoms with van der Waals surface area (Å²) in [6, 6.07) is 5.29. The fourth-order valence-corrected chi connectivity index (χ4v) is 2.72. The first-order valence-corrected chi connectivity index (χ1v) is 6.88. The summed E-state index contributed by atoms with van der Waals surface area (Å²) in [5.74, 6) is 0.873. The molecule has 1 fully saturated rings. The van der Waals surface area contributed by atoms with E-state index in [4.69, 9.17) is 5.26 Å². The van der Waals surface area contributed by atoms with Crippen LogP contribution in [-0.4, -0.2) is 28.3 Å². The number of carbonyl (C=O) groups excluding carboxylic acids is 2. The van der Waals surface area contributed by atoms with Gasteiger partial charge in [0.05, 0.1) is 0 Å². The lowest BCUT2D eigenvalue weighted by molar-refractivity contribution is -0.117. The number of rotatable bonds is 3. The van der Waals surface area contributed by atoms with Crippen LogP contribution in [0.4, 0.5) is 5.69 Å². The predicted octanol–water partition coefficient (Wildman–Crippen LogP) is 1.59. The van der Waals surface area contributed by atoms with Crippen molar-refractivity contribution in [2.75, 3.05) is 17.2 Å². The van der Waals surface area contributed by atoms with Gasteiger partial charge in [0.1, 0.15) is 11.8 Å². The summed E-state index contributed by atoms with van der Waals surface area (Å²) < 4.78 is 0. The Morgan fingerprint density at radius 3 is 3.16 bits per heavy atom. The number of amides is 1. The van der Waals surface area contributed by atoms with Gasteiger partial charge in [0.2, 0.25) is 5.91 Å². The summed E-state index contributed by atoms with van der Waals surface area (Å²) in [7, 11) is 0. The van der Waals surface area contributed by atoms with E-state index in [-0.39, 0.29) is 16.9 Å². The number of thioether (sulfide) groups is 1. The van der Waals surface area contributed by atoms with E-state index in [0.29, 0.717) is 30.1 Å². The van der Waals surface area contributed by atoms with Gasteiger partial charge in [0, 0.05) is 37.5 Å². The molecule has 2 heterocycles. The highest BCUT2D eigenvalue weighted by molar-refractivity contribution is 8.13. The van der Waals surface area contributed by atoms with Gasteiger partial charge in [-0.15, -0.1) is 0 Å². The predicted molar refractivity (Wildman–Crippen MR) is 72.6 cm³/mol. The Balaban J connectivity index is 2.07. The van der Waals surface area contributed by atoms with Crippen LogP contribution in [-0.2, 0) is 9.59 Å². The molecule has 0 radical (unpaired) electrons. The van der Waals surface area contributed by atoms with Crippen molar-refractivity contribution < 1.29 is 9.59 Å². The summed E-state index contributed by atoms with van der Waals surface area (Å²) in [6.07, 6.45) is 1.98. The van der Waals surface area contributed by atoms with Crippen molar-refractivity contribution in [2.24, 2.45) is 5.92 Å². The zero-order chi connectivity index (χ0) is 13.8. The molecule has 0 N–H and O–H groups in total. The minimum atomic E-state index is 0.0317. The lowest BCUT2D eigenvalue weighted by Gasteiger charge is -2.16. The lowest BCUT2D eigenvalue weighted by atomic mass is 10.1. The standard InChI is InChI=1S/C13H13N3O2S/c1-9(17)19-8-10-4-13(18)16(7-10)12-2-3-15-11(5-12)6-14/h2-3,5,10H,4,7-8H2,1H3. The van der Waals surface area contributed by atoms with Gasteiger partial charge < -0.3 is 4.90 Å². The highest BCUT2D eigenvalue weighted by atomic mass is 32.2. The van der Waals surface area contributed by atoms with Crippen LogP contribution in [0.5, 0.6) is 0 Å². The molecular weight excluding hydrogens is 262 g/mol. The molecule has 0 aliphatic carbocycles. The molecule has 1 unspecified atom stereocenters. The molecule has 0 aromatic carbocycles. The van der Waals surface area contributed by atoms with Gasteiger partial charge in [-0.05, 0) is 18.1 Å². The molecule has 1 aliphatic heterocycles. The van der Waals surface area contributed by atoms with Crippen LogP contribution in [0.1, 0.15) is 19.0 Å². The summed E-state index contributed by atoms with van der Waals surface area (Å²) >= 11 is 1.25. The molecule has 1 aromatic heterocycles. The van der Waals surface area contributed by atoms with E-state index in [1.54, 1.807) is 17.0 Å². The van der Waals surface area contributed by atoms with E-state index in [9.17, 15) is 9.59 Å². The molecule has 1 amide bonds. The number of pyridine rings is 1. The molecular formula is C13H13N3O2S. The molecule has 1 aliphatic rings. The van der Waals surface area contributed by atoms with Crippen molar-refractivity contribution >= 4 is 28.5 Å². The molecule has 2 rings (SSSR count). The van der Waals surface area contributed by atoms with Gasteiger partial charge in [0.25, 0.3) is 0 Å². The van der Waals surface area contributed by atoms with Crippen LogP contribution in [0.3, 0.4) is 0 Å². The van der Waals surface area contributed by atoms with Crippen molar-refractivity contribution in [3.05, 3.63) is 24.0 Å². The second kappa shape index (κ2) is 5.85. The normalized spacial score (nSPS) is 18.4. The molecule has 0 bridgehead atoms. The number of anilines is 1. The van der Waals surface area contributed by atoms with Crippen molar-refractivity contribution in [3.8, 4) is 6.07 Å². The molecule has 0 saturated carbocycles. The average molecular weight is 275 g/mol. The molecule has 0 spiro atoms. The monoisotopic (exact) mass is 275 g/mol. The van der Waals surface area contributed by atoms with Crippen LogP contribution in [0.2, 0.25) is 0 Å². The smallest absolute Gasteiger partial charge is 0.227 e. The van der Waals surface area contributed by atoms with E-state index in [1.807, 2.05) is 6.07 Å². The number of hydrogen-bond donors (Lipinski definition) is 0. The van der Waals surface area contributed by atoms with Gasteiger partial charge in [-0.2, -0.15) is 5.26 Å². The summed E-state index contributed by atoms with van der Waals surface area (Å²) in [4.78, 5) is 28.4. The SMILES string of the molecule is CC(=O)SCC1CC(=O)N(c2ccnc(C#N)c2)C1. The maximum Gasteiger partial charge on any atom is 0.227 e. The third-order valence-electron chi connectivity index (χ3n) is 2.90. The molecule has 1 saturated heterocycles. The second-order valence-electron chi connectivity index (χ2n) is 4.39. The first-order valence-electron chi connectivity index (χ1n) is 5.90. The Bertz CT molecular complexity index is 553. The van der Waals surface area contributed by atoms with Gasteiger partial charge in [-0.1, -0.05) is 11.8 Å². The van der Waals surface area contributed by atoms with Crippen molar-refractivity contribution in [3.63, 3.8) is 0 Å². The number of carbonyl (C=O) groups is 2. The van der Waals surface area contributed by atoms with E-state index in [2.05, 4.69) is 4.98 Å². The van der Waals surface area contributed by atoms with Gasteiger partial charge in [-0.25, -0.2) is 4.98 Å². The Hall–Kier alpha value is -1.87.